The van der Waals surface area contributed by atoms with Crippen molar-refractivity contribution in [2.45, 2.75) is 39.0 Å². The average Bonchev–Trinajstić information content (AvgIpc) is 2.71. The molecule has 1 saturated heterocycles. The van der Waals surface area contributed by atoms with Gasteiger partial charge in [0, 0.05) is 13.1 Å². The van der Waals surface area contributed by atoms with Gasteiger partial charge in [-0.1, -0.05) is 0 Å². The van der Waals surface area contributed by atoms with Crippen LogP contribution in [0, 0.1) is 6.92 Å². The SMILES string of the molecule is CCn1c(C)nnc1[C@@H]1CC(O)CN1. The molecule has 0 aliphatic carbocycles. The number of aliphatic hydroxyl groups excluding tert-OH is 1. The van der Waals surface area contributed by atoms with Crippen molar-refractivity contribution < 1.29 is 5.11 Å². The molecule has 0 amide bonds. The molecule has 1 aromatic rings. The molecule has 1 aliphatic rings. The third-order valence-corrected chi connectivity index (χ3v) is 2.70. The molecule has 1 fully saturated rings. The van der Waals surface area contributed by atoms with E-state index in [2.05, 4.69) is 27.0 Å². The lowest BCUT2D eigenvalue weighted by atomic mass is 10.2. The Morgan fingerprint density at radius 1 is 1.57 bits per heavy atom. The third-order valence-electron chi connectivity index (χ3n) is 2.70. The highest BCUT2D eigenvalue weighted by Gasteiger charge is 2.27. The van der Waals surface area contributed by atoms with Crippen LogP contribution in [0.25, 0.3) is 0 Å². The molecule has 2 N–H and O–H groups in total. The molecule has 1 aromatic heterocycles. The maximum Gasteiger partial charge on any atom is 0.150 e. The summed E-state index contributed by atoms with van der Waals surface area (Å²) in [6.07, 6.45) is 0.486. The second kappa shape index (κ2) is 3.67. The van der Waals surface area contributed by atoms with Gasteiger partial charge in [0.25, 0.3) is 0 Å². The molecular weight excluding hydrogens is 180 g/mol. The van der Waals surface area contributed by atoms with Crippen LogP contribution in [0.5, 0.6) is 0 Å². The molecular formula is C9H16N4O. The van der Waals surface area contributed by atoms with Crippen LogP contribution in [0.15, 0.2) is 0 Å². The molecule has 5 nitrogen and oxygen atoms in total. The summed E-state index contributed by atoms with van der Waals surface area (Å²) in [7, 11) is 0. The van der Waals surface area contributed by atoms with Crippen molar-refractivity contribution in [2.24, 2.45) is 0 Å². The molecule has 2 heterocycles. The van der Waals surface area contributed by atoms with Crippen molar-refractivity contribution in [2.75, 3.05) is 6.54 Å². The highest BCUT2D eigenvalue weighted by Crippen LogP contribution is 2.22. The average molecular weight is 196 g/mol. The number of hydrogen-bond acceptors (Lipinski definition) is 4. The van der Waals surface area contributed by atoms with E-state index in [1.165, 1.54) is 0 Å². The standard InChI is InChI=1S/C9H16N4O/c1-3-13-6(2)11-12-9(13)8-4-7(14)5-10-8/h7-8,10,14H,3-5H2,1-2H3/t7?,8-/m0/s1. The van der Waals surface area contributed by atoms with Crippen LogP contribution < -0.4 is 5.32 Å². The van der Waals surface area contributed by atoms with Crippen LogP contribution in [-0.2, 0) is 6.54 Å². The van der Waals surface area contributed by atoms with Crippen molar-refractivity contribution in [3.63, 3.8) is 0 Å². The molecule has 0 spiro atoms. The molecule has 1 aliphatic heterocycles. The zero-order valence-electron chi connectivity index (χ0n) is 8.56. The van der Waals surface area contributed by atoms with Gasteiger partial charge in [-0.2, -0.15) is 0 Å². The Kier molecular flexibility index (Phi) is 2.52. The zero-order chi connectivity index (χ0) is 10.1. The number of nitrogens with one attached hydrogen (secondary N) is 1. The van der Waals surface area contributed by atoms with Gasteiger partial charge in [0.15, 0.2) is 0 Å². The van der Waals surface area contributed by atoms with E-state index in [0.717, 1.165) is 24.6 Å². The van der Waals surface area contributed by atoms with E-state index in [9.17, 15) is 5.11 Å². The first-order valence-corrected chi connectivity index (χ1v) is 5.03. The number of aliphatic hydroxyl groups is 1. The number of rotatable bonds is 2. The zero-order valence-corrected chi connectivity index (χ0v) is 8.56. The van der Waals surface area contributed by atoms with Gasteiger partial charge in [-0.15, -0.1) is 10.2 Å². The van der Waals surface area contributed by atoms with Gasteiger partial charge >= 0.3 is 0 Å². The van der Waals surface area contributed by atoms with Crippen LogP contribution in [0.1, 0.15) is 31.0 Å². The fourth-order valence-electron chi connectivity index (χ4n) is 1.96. The Balaban J connectivity index is 2.23. The summed E-state index contributed by atoms with van der Waals surface area (Å²) in [4.78, 5) is 0. The summed E-state index contributed by atoms with van der Waals surface area (Å²) in [5.74, 6) is 1.88. The van der Waals surface area contributed by atoms with E-state index in [1.54, 1.807) is 0 Å². The largest absolute Gasteiger partial charge is 0.392 e. The second-order valence-electron chi connectivity index (χ2n) is 3.70. The molecule has 0 radical (unpaired) electrons. The van der Waals surface area contributed by atoms with Crippen LogP contribution in [-0.4, -0.2) is 32.5 Å². The minimum absolute atomic E-state index is 0.158. The van der Waals surface area contributed by atoms with Gasteiger partial charge in [-0.3, -0.25) is 0 Å². The highest BCUT2D eigenvalue weighted by atomic mass is 16.3. The molecule has 2 rings (SSSR count). The lowest BCUT2D eigenvalue weighted by Crippen LogP contribution is -2.18. The van der Waals surface area contributed by atoms with Gasteiger partial charge < -0.3 is 15.0 Å². The first-order chi connectivity index (χ1) is 6.72. The van der Waals surface area contributed by atoms with Crippen LogP contribution in [0.3, 0.4) is 0 Å². The summed E-state index contributed by atoms with van der Waals surface area (Å²) in [6, 6.07) is 0.158. The Bertz CT molecular complexity index is 323. The monoisotopic (exact) mass is 196 g/mol. The molecule has 5 heteroatoms. The minimum Gasteiger partial charge on any atom is -0.392 e. The molecule has 2 atom stereocenters. The Morgan fingerprint density at radius 3 is 2.93 bits per heavy atom. The number of hydrogen-bond donors (Lipinski definition) is 2. The quantitative estimate of drug-likeness (QED) is 0.699. The van der Waals surface area contributed by atoms with Crippen LogP contribution >= 0.6 is 0 Å². The lowest BCUT2D eigenvalue weighted by Gasteiger charge is -2.11. The van der Waals surface area contributed by atoms with E-state index in [-0.39, 0.29) is 12.1 Å². The molecule has 0 aromatic carbocycles. The van der Waals surface area contributed by atoms with Gasteiger partial charge in [0.2, 0.25) is 0 Å². The molecule has 0 bridgehead atoms. The highest BCUT2D eigenvalue weighted by molar-refractivity contribution is 5.03. The number of aryl methyl sites for hydroxylation is 1. The maximum atomic E-state index is 9.41. The molecule has 1 unspecified atom stereocenters. The summed E-state index contributed by atoms with van der Waals surface area (Å²) >= 11 is 0. The predicted octanol–water partition coefficient (Wildman–Crippen LogP) is 0.00172. The summed E-state index contributed by atoms with van der Waals surface area (Å²) in [6.45, 7) is 5.55. The van der Waals surface area contributed by atoms with Gasteiger partial charge in [-0.05, 0) is 20.3 Å². The van der Waals surface area contributed by atoms with Crippen molar-refractivity contribution in [3.05, 3.63) is 11.6 Å². The van der Waals surface area contributed by atoms with E-state index in [1.807, 2.05) is 6.92 Å². The number of aromatic nitrogens is 3. The smallest absolute Gasteiger partial charge is 0.150 e. The van der Waals surface area contributed by atoms with E-state index in [4.69, 9.17) is 0 Å². The number of β-amino-alcohol motifs (C(OH)–C–C–N with tert-alkyl or cyclic N) is 1. The van der Waals surface area contributed by atoms with Crippen molar-refractivity contribution >= 4 is 0 Å². The van der Waals surface area contributed by atoms with E-state index >= 15 is 0 Å². The van der Waals surface area contributed by atoms with E-state index in [0.29, 0.717) is 6.54 Å². The van der Waals surface area contributed by atoms with Crippen molar-refractivity contribution in [1.82, 2.24) is 20.1 Å². The van der Waals surface area contributed by atoms with Gasteiger partial charge in [0.05, 0.1) is 12.1 Å². The van der Waals surface area contributed by atoms with Crippen LogP contribution in [0.2, 0.25) is 0 Å². The minimum atomic E-state index is -0.248. The molecule has 78 valence electrons. The Hall–Kier alpha value is -0.940. The summed E-state index contributed by atoms with van der Waals surface area (Å²) < 4.78 is 2.08. The third kappa shape index (κ3) is 1.53. The summed E-state index contributed by atoms with van der Waals surface area (Å²) in [5, 5.41) is 20.8. The summed E-state index contributed by atoms with van der Waals surface area (Å²) in [5.41, 5.74) is 0. The fourth-order valence-corrected chi connectivity index (χ4v) is 1.96. The fraction of sp³-hybridized carbons (Fsp3) is 0.778. The van der Waals surface area contributed by atoms with Gasteiger partial charge in [-0.25, -0.2) is 0 Å². The first-order valence-electron chi connectivity index (χ1n) is 5.03. The second-order valence-corrected chi connectivity index (χ2v) is 3.70. The van der Waals surface area contributed by atoms with Gasteiger partial charge in [0.1, 0.15) is 11.6 Å². The molecule has 0 saturated carbocycles. The Labute approximate surface area is 83.2 Å². The topological polar surface area (TPSA) is 63.0 Å². The Morgan fingerprint density at radius 2 is 2.36 bits per heavy atom. The van der Waals surface area contributed by atoms with Crippen LogP contribution in [0.4, 0.5) is 0 Å². The normalized spacial score (nSPS) is 27.1. The van der Waals surface area contributed by atoms with Crippen molar-refractivity contribution in [3.8, 4) is 0 Å². The molecule has 14 heavy (non-hydrogen) atoms. The predicted molar refractivity (Wildman–Crippen MR) is 51.8 cm³/mol. The lowest BCUT2D eigenvalue weighted by molar-refractivity contribution is 0.192. The number of nitrogens with zero attached hydrogens (tertiary/aromatic N) is 3. The first kappa shape index (κ1) is 9.61. The van der Waals surface area contributed by atoms with E-state index < -0.39 is 0 Å². The maximum absolute atomic E-state index is 9.41. The van der Waals surface area contributed by atoms with Crippen molar-refractivity contribution in [1.29, 1.82) is 0 Å².